The molecule has 0 bridgehead atoms. The van der Waals surface area contributed by atoms with Gasteiger partial charge in [-0.25, -0.2) is 4.79 Å². The minimum Gasteiger partial charge on any atom is -0.491 e. The van der Waals surface area contributed by atoms with E-state index in [9.17, 15) is 9.90 Å². The summed E-state index contributed by atoms with van der Waals surface area (Å²) >= 11 is 0. The Balaban J connectivity index is 2.14. The van der Waals surface area contributed by atoms with E-state index in [0.29, 0.717) is 44.5 Å². The lowest BCUT2D eigenvalue weighted by atomic mass is 10.2. The SMILES string of the molecule is CNC(=O)N(C)CCNCC(O)COc1ccc(OCCOCC(C)C)cc1. The van der Waals surface area contributed by atoms with Gasteiger partial charge in [-0.15, -0.1) is 0 Å². The number of carbonyl (C=O) groups is 1. The van der Waals surface area contributed by atoms with E-state index in [-0.39, 0.29) is 12.6 Å². The maximum absolute atomic E-state index is 11.3. The average molecular weight is 398 g/mol. The number of rotatable bonds is 14. The van der Waals surface area contributed by atoms with Crippen molar-refractivity contribution in [2.24, 2.45) is 5.92 Å². The van der Waals surface area contributed by atoms with Crippen LogP contribution in [0.5, 0.6) is 11.5 Å². The number of hydrogen-bond acceptors (Lipinski definition) is 6. The second-order valence-electron chi connectivity index (χ2n) is 6.93. The highest BCUT2D eigenvalue weighted by atomic mass is 16.5. The number of carbonyl (C=O) groups excluding carboxylic acids is 1. The lowest BCUT2D eigenvalue weighted by molar-refractivity contribution is 0.0818. The largest absolute Gasteiger partial charge is 0.491 e. The third-order valence-corrected chi connectivity index (χ3v) is 3.78. The minimum atomic E-state index is -0.639. The molecular formula is C20H35N3O5. The zero-order valence-corrected chi connectivity index (χ0v) is 17.4. The lowest BCUT2D eigenvalue weighted by Gasteiger charge is -2.18. The van der Waals surface area contributed by atoms with Gasteiger partial charge in [0, 0.05) is 40.3 Å². The molecule has 3 N–H and O–H groups in total. The smallest absolute Gasteiger partial charge is 0.316 e. The van der Waals surface area contributed by atoms with E-state index < -0.39 is 6.10 Å². The number of benzene rings is 1. The van der Waals surface area contributed by atoms with E-state index in [1.165, 1.54) is 0 Å². The maximum Gasteiger partial charge on any atom is 0.316 e. The number of hydrogen-bond donors (Lipinski definition) is 3. The molecule has 28 heavy (non-hydrogen) atoms. The van der Waals surface area contributed by atoms with E-state index in [1.807, 2.05) is 24.3 Å². The Hall–Kier alpha value is -2.03. The maximum atomic E-state index is 11.3. The van der Waals surface area contributed by atoms with Gasteiger partial charge < -0.3 is 34.9 Å². The van der Waals surface area contributed by atoms with Gasteiger partial charge in [-0.3, -0.25) is 0 Å². The molecular weight excluding hydrogens is 362 g/mol. The van der Waals surface area contributed by atoms with Gasteiger partial charge in [-0.2, -0.15) is 0 Å². The first-order valence-electron chi connectivity index (χ1n) is 9.67. The average Bonchev–Trinajstić information content (AvgIpc) is 2.69. The minimum absolute atomic E-state index is 0.138. The van der Waals surface area contributed by atoms with Crippen molar-refractivity contribution in [2.45, 2.75) is 20.0 Å². The summed E-state index contributed by atoms with van der Waals surface area (Å²) in [6.45, 7) is 7.74. The molecule has 1 aromatic rings. The van der Waals surface area contributed by atoms with Crippen LogP contribution in [0.4, 0.5) is 4.79 Å². The van der Waals surface area contributed by atoms with Crippen molar-refractivity contribution >= 4 is 6.03 Å². The Bertz CT molecular complexity index is 539. The van der Waals surface area contributed by atoms with Crippen LogP contribution in [-0.4, -0.2) is 82.3 Å². The molecule has 160 valence electrons. The van der Waals surface area contributed by atoms with Crippen molar-refractivity contribution in [3.05, 3.63) is 24.3 Å². The Morgan fingerprint density at radius 2 is 1.75 bits per heavy atom. The van der Waals surface area contributed by atoms with E-state index in [1.54, 1.807) is 19.0 Å². The van der Waals surface area contributed by atoms with Gasteiger partial charge in [0.1, 0.15) is 30.8 Å². The van der Waals surface area contributed by atoms with Crippen molar-refractivity contribution in [2.75, 3.05) is 60.2 Å². The molecule has 0 saturated heterocycles. The normalized spacial score (nSPS) is 11.9. The fourth-order valence-electron chi connectivity index (χ4n) is 2.23. The fourth-order valence-corrected chi connectivity index (χ4v) is 2.23. The zero-order valence-electron chi connectivity index (χ0n) is 17.4. The first-order valence-corrected chi connectivity index (χ1v) is 9.67. The van der Waals surface area contributed by atoms with Crippen LogP contribution in [0.15, 0.2) is 24.3 Å². The molecule has 8 nitrogen and oxygen atoms in total. The molecule has 0 aliphatic heterocycles. The molecule has 1 unspecified atom stereocenters. The molecule has 1 rings (SSSR count). The summed E-state index contributed by atoms with van der Waals surface area (Å²) < 4.78 is 16.7. The first kappa shape index (κ1) is 24.0. The first-order chi connectivity index (χ1) is 13.4. The predicted octanol–water partition coefficient (Wildman–Crippen LogP) is 1.34. The molecule has 1 atom stereocenters. The molecule has 0 radical (unpaired) electrons. The number of nitrogens with zero attached hydrogens (tertiary/aromatic N) is 1. The molecule has 0 aliphatic rings. The Morgan fingerprint density at radius 1 is 1.11 bits per heavy atom. The topological polar surface area (TPSA) is 92.3 Å². The fraction of sp³-hybridized carbons (Fsp3) is 0.650. The molecule has 0 aromatic heterocycles. The van der Waals surface area contributed by atoms with Crippen LogP contribution >= 0.6 is 0 Å². The number of urea groups is 1. The summed E-state index contributed by atoms with van der Waals surface area (Å²) in [5.74, 6) is 1.94. The van der Waals surface area contributed by atoms with Crippen LogP contribution in [-0.2, 0) is 4.74 Å². The predicted molar refractivity (Wildman–Crippen MR) is 109 cm³/mol. The Kier molecular flexibility index (Phi) is 12.0. The van der Waals surface area contributed by atoms with Crippen molar-refractivity contribution in [1.82, 2.24) is 15.5 Å². The van der Waals surface area contributed by atoms with Gasteiger partial charge in [0.15, 0.2) is 0 Å². The van der Waals surface area contributed by atoms with E-state index in [0.717, 1.165) is 12.4 Å². The lowest BCUT2D eigenvalue weighted by Crippen LogP contribution is -2.41. The summed E-state index contributed by atoms with van der Waals surface area (Å²) in [5.41, 5.74) is 0. The summed E-state index contributed by atoms with van der Waals surface area (Å²) in [6.07, 6.45) is -0.639. The number of aliphatic hydroxyl groups is 1. The number of nitrogens with one attached hydrogen (secondary N) is 2. The van der Waals surface area contributed by atoms with Crippen LogP contribution < -0.4 is 20.1 Å². The summed E-state index contributed by atoms with van der Waals surface area (Å²) in [6, 6.07) is 7.14. The van der Waals surface area contributed by atoms with Crippen LogP contribution in [0.3, 0.4) is 0 Å². The highest BCUT2D eigenvalue weighted by Crippen LogP contribution is 2.17. The van der Waals surface area contributed by atoms with Crippen molar-refractivity contribution in [3.8, 4) is 11.5 Å². The third-order valence-electron chi connectivity index (χ3n) is 3.78. The third kappa shape index (κ3) is 11.0. The molecule has 0 spiro atoms. The van der Waals surface area contributed by atoms with Crippen molar-refractivity contribution in [3.63, 3.8) is 0 Å². The van der Waals surface area contributed by atoms with Gasteiger partial charge in [0.2, 0.25) is 0 Å². The number of aliphatic hydroxyl groups excluding tert-OH is 1. The number of amides is 2. The van der Waals surface area contributed by atoms with Crippen LogP contribution in [0, 0.1) is 5.92 Å². The molecule has 0 heterocycles. The number of ether oxygens (including phenoxy) is 3. The molecule has 0 saturated carbocycles. The summed E-state index contributed by atoms with van der Waals surface area (Å²) in [4.78, 5) is 12.9. The van der Waals surface area contributed by atoms with Crippen LogP contribution in [0.2, 0.25) is 0 Å². The summed E-state index contributed by atoms with van der Waals surface area (Å²) in [5, 5.41) is 15.6. The quantitative estimate of drug-likeness (QED) is 0.410. The van der Waals surface area contributed by atoms with Crippen molar-refractivity contribution < 1.29 is 24.1 Å². The molecule has 2 amide bonds. The second-order valence-corrected chi connectivity index (χ2v) is 6.93. The standard InChI is InChI=1S/C20H35N3O5/c1-16(2)14-26-11-12-27-18-5-7-19(8-6-18)28-15-17(24)13-22-9-10-23(4)20(25)21-3/h5-8,16-17,22,24H,9-15H2,1-4H3,(H,21,25). The molecule has 1 aromatic carbocycles. The van der Waals surface area contributed by atoms with E-state index >= 15 is 0 Å². The highest BCUT2D eigenvalue weighted by molar-refractivity contribution is 5.73. The van der Waals surface area contributed by atoms with Gasteiger partial charge >= 0.3 is 6.03 Å². The molecule has 0 fully saturated rings. The van der Waals surface area contributed by atoms with Gasteiger partial charge in [-0.05, 0) is 30.2 Å². The summed E-state index contributed by atoms with van der Waals surface area (Å²) in [7, 11) is 3.31. The van der Waals surface area contributed by atoms with E-state index in [4.69, 9.17) is 14.2 Å². The molecule has 0 aliphatic carbocycles. The van der Waals surface area contributed by atoms with Crippen molar-refractivity contribution in [1.29, 1.82) is 0 Å². The van der Waals surface area contributed by atoms with Gasteiger partial charge in [-0.1, -0.05) is 13.8 Å². The Labute approximate surface area is 168 Å². The highest BCUT2D eigenvalue weighted by Gasteiger charge is 2.07. The monoisotopic (exact) mass is 397 g/mol. The molecule has 8 heteroatoms. The zero-order chi connectivity index (χ0) is 20.8. The van der Waals surface area contributed by atoms with Gasteiger partial charge in [0.05, 0.1) is 6.61 Å². The number of likely N-dealkylation sites (N-methyl/N-ethyl adjacent to an activating group) is 1. The van der Waals surface area contributed by atoms with Crippen LogP contribution in [0.25, 0.3) is 0 Å². The van der Waals surface area contributed by atoms with Crippen LogP contribution in [0.1, 0.15) is 13.8 Å². The second kappa shape index (κ2) is 14.0. The van der Waals surface area contributed by atoms with E-state index in [2.05, 4.69) is 24.5 Å². The Morgan fingerprint density at radius 3 is 2.36 bits per heavy atom. The van der Waals surface area contributed by atoms with Gasteiger partial charge in [0.25, 0.3) is 0 Å².